The van der Waals surface area contributed by atoms with Crippen molar-refractivity contribution in [2.24, 2.45) is 17.3 Å². The number of hydrogen-bond donors (Lipinski definition) is 2. The molecule has 1 spiro atoms. The summed E-state index contributed by atoms with van der Waals surface area (Å²) in [5, 5.41) is 19.6. The van der Waals surface area contributed by atoms with E-state index in [1.54, 1.807) is 0 Å². The van der Waals surface area contributed by atoms with Crippen LogP contribution >= 0.6 is 0 Å². The Labute approximate surface area is 72.6 Å². The SMILES string of the molecule is OC1C2CC3CCCC3(C2)C1O. The van der Waals surface area contributed by atoms with Crippen LogP contribution in [0.15, 0.2) is 0 Å². The van der Waals surface area contributed by atoms with E-state index in [4.69, 9.17) is 0 Å². The van der Waals surface area contributed by atoms with E-state index in [2.05, 4.69) is 0 Å². The van der Waals surface area contributed by atoms with E-state index in [9.17, 15) is 10.2 Å². The summed E-state index contributed by atoms with van der Waals surface area (Å²) in [4.78, 5) is 0. The summed E-state index contributed by atoms with van der Waals surface area (Å²) in [5.74, 6) is 1.16. The summed E-state index contributed by atoms with van der Waals surface area (Å²) in [5.41, 5.74) is 0.157. The fourth-order valence-electron chi connectivity index (χ4n) is 4.10. The summed E-state index contributed by atoms with van der Waals surface area (Å²) in [6.07, 6.45) is 5.19. The molecule has 0 aromatic carbocycles. The molecule has 5 unspecified atom stereocenters. The third kappa shape index (κ3) is 0.612. The second kappa shape index (κ2) is 2.05. The van der Waals surface area contributed by atoms with Gasteiger partial charge < -0.3 is 10.2 Å². The molecular weight excluding hydrogens is 152 g/mol. The van der Waals surface area contributed by atoms with Gasteiger partial charge in [0.25, 0.3) is 0 Å². The third-order valence-electron chi connectivity index (χ3n) is 4.63. The Balaban J connectivity index is 2.00. The van der Waals surface area contributed by atoms with Gasteiger partial charge in [0.1, 0.15) is 0 Å². The largest absolute Gasteiger partial charge is 0.390 e. The van der Waals surface area contributed by atoms with Crippen molar-refractivity contribution < 1.29 is 10.2 Å². The molecule has 0 saturated heterocycles. The molecule has 5 atom stereocenters. The molecule has 0 heterocycles. The zero-order valence-corrected chi connectivity index (χ0v) is 7.24. The lowest BCUT2D eigenvalue weighted by Gasteiger charge is -2.35. The molecule has 0 amide bonds. The smallest absolute Gasteiger partial charge is 0.0860 e. The Morgan fingerprint density at radius 2 is 2.08 bits per heavy atom. The van der Waals surface area contributed by atoms with E-state index < -0.39 is 12.2 Å². The van der Waals surface area contributed by atoms with E-state index in [1.807, 2.05) is 0 Å². The molecule has 2 N–H and O–H groups in total. The average Bonchev–Trinajstić information content (AvgIpc) is 2.60. The Morgan fingerprint density at radius 1 is 1.25 bits per heavy atom. The quantitative estimate of drug-likeness (QED) is 0.564. The first kappa shape index (κ1) is 7.34. The van der Waals surface area contributed by atoms with Crippen molar-refractivity contribution in [1.29, 1.82) is 0 Å². The van der Waals surface area contributed by atoms with Gasteiger partial charge in [0.15, 0.2) is 0 Å². The van der Waals surface area contributed by atoms with Crippen LogP contribution in [-0.2, 0) is 0 Å². The van der Waals surface area contributed by atoms with Crippen LogP contribution in [0.25, 0.3) is 0 Å². The molecule has 2 heteroatoms. The first-order valence-electron chi connectivity index (χ1n) is 5.10. The zero-order chi connectivity index (χ0) is 8.34. The molecule has 3 fully saturated rings. The fourth-order valence-corrected chi connectivity index (χ4v) is 4.10. The standard InChI is InChI=1S/C10H16O2/c11-8-6-4-7-2-1-3-10(7,5-6)9(8)12/h6-9,11-12H,1-5H2. The van der Waals surface area contributed by atoms with E-state index in [1.165, 1.54) is 19.3 Å². The van der Waals surface area contributed by atoms with Crippen molar-refractivity contribution in [3.63, 3.8) is 0 Å². The molecule has 0 aliphatic heterocycles. The maximum absolute atomic E-state index is 9.90. The van der Waals surface area contributed by atoms with E-state index >= 15 is 0 Å². The molecule has 12 heavy (non-hydrogen) atoms. The van der Waals surface area contributed by atoms with Crippen molar-refractivity contribution >= 4 is 0 Å². The second-order valence-electron chi connectivity index (χ2n) is 4.96. The molecule has 3 aliphatic rings. The maximum Gasteiger partial charge on any atom is 0.0860 e. The van der Waals surface area contributed by atoms with Gasteiger partial charge in [-0.2, -0.15) is 0 Å². The molecule has 0 radical (unpaired) electrons. The summed E-state index contributed by atoms with van der Waals surface area (Å²) < 4.78 is 0. The van der Waals surface area contributed by atoms with Crippen LogP contribution in [-0.4, -0.2) is 22.4 Å². The lowest BCUT2D eigenvalue weighted by molar-refractivity contribution is -0.0672. The molecule has 3 aliphatic carbocycles. The van der Waals surface area contributed by atoms with Gasteiger partial charge in [-0.05, 0) is 37.5 Å². The van der Waals surface area contributed by atoms with Crippen LogP contribution in [0.5, 0.6) is 0 Å². The number of aliphatic hydroxyl groups is 2. The van der Waals surface area contributed by atoms with Crippen molar-refractivity contribution in [3.8, 4) is 0 Å². The summed E-state index contributed by atoms with van der Waals surface area (Å²) in [6.45, 7) is 0. The van der Waals surface area contributed by atoms with Gasteiger partial charge in [-0.25, -0.2) is 0 Å². The first-order chi connectivity index (χ1) is 5.74. The van der Waals surface area contributed by atoms with Gasteiger partial charge in [0.2, 0.25) is 0 Å². The van der Waals surface area contributed by atoms with Crippen molar-refractivity contribution in [2.45, 2.75) is 44.3 Å². The van der Waals surface area contributed by atoms with Crippen LogP contribution in [0.2, 0.25) is 0 Å². The van der Waals surface area contributed by atoms with Crippen molar-refractivity contribution in [1.82, 2.24) is 0 Å². The Bertz CT molecular complexity index is 216. The van der Waals surface area contributed by atoms with Crippen molar-refractivity contribution in [2.75, 3.05) is 0 Å². The predicted octanol–water partition coefficient (Wildman–Crippen LogP) is 0.918. The predicted molar refractivity (Wildman–Crippen MR) is 44.5 cm³/mol. The molecule has 0 aromatic heterocycles. The monoisotopic (exact) mass is 168 g/mol. The molecule has 3 saturated carbocycles. The van der Waals surface area contributed by atoms with E-state index in [-0.39, 0.29) is 5.41 Å². The first-order valence-corrected chi connectivity index (χ1v) is 5.10. The lowest BCUT2D eigenvalue weighted by atomic mass is 9.75. The van der Waals surface area contributed by atoms with Crippen LogP contribution in [0.1, 0.15) is 32.1 Å². The van der Waals surface area contributed by atoms with Gasteiger partial charge in [-0.15, -0.1) is 0 Å². The van der Waals surface area contributed by atoms with Crippen LogP contribution in [0.3, 0.4) is 0 Å². The van der Waals surface area contributed by atoms with Gasteiger partial charge in [-0.1, -0.05) is 6.42 Å². The third-order valence-corrected chi connectivity index (χ3v) is 4.63. The molecule has 2 nitrogen and oxygen atoms in total. The van der Waals surface area contributed by atoms with E-state index in [0.717, 1.165) is 18.8 Å². The second-order valence-corrected chi connectivity index (χ2v) is 4.96. The highest BCUT2D eigenvalue weighted by atomic mass is 16.3. The normalized spacial score (nSPS) is 62.5. The summed E-state index contributed by atoms with van der Waals surface area (Å²) in [6, 6.07) is 0. The Kier molecular flexibility index (Phi) is 1.25. The van der Waals surface area contributed by atoms with Crippen LogP contribution < -0.4 is 0 Å². The summed E-state index contributed by atoms with van der Waals surface area (Å²) >= 11 is 0. The molecule has 0 aromatic rings. The summed E-state index contributed by atoms with van der Waals surface area (Å²) in [7, 11) is 0. The number of fused-ring (bicyclic) bond motifs is 1. The Morgan fingerprint density at radius 3 is 2.83 bits per heavy atom. The number of aliphatic hydroxyl groups excluding tert-OH is 2. The zero-order valence-electron chi connectivity index (χ0n) is 7.24. The van der Waals surface area contributed by atoms with Gasteiger partial charge in [0, 0.05) is 5.41 Å². The van der Waals surface area contributed by atoms with Crippen LogP contribution in [0.4, 0.5) is 0 Å². The topological polar surface area (TPSA) is 40.5 Å². The Hall–Kier alpha value is -0.0800. The molecule has 68 valence electrons. The molecular formula is C10H16O2. The maximum atomic E-state index is 9.90. The number of rotatable bonds is 0. The molecule has 3 rings (SSSR count). The highest BCUT2D eigenvalue weighted by Crippen LogP contribution is 2.64. The number of hydrogen-bond acceptors (Lipinski definition) is 2. The van der Waals surface area contributed by atoms with Crippen LogP contribution in [0, 0.1) is 17.3 Å². The minimum Gasteiger partial charge on any atom is -0.390 e. The van der Waals surface area contributed by atoms with Gasteiger partial charge in [-0.3, -0.25) is 0 Å². The average molecular weight is 168 g/mol. The van der Waals surface area contributed by atoms with Crippen molar-refractivity contribution in [3.05, 3.63) is 0 Å². The fraction of sp³-hybridized carbons (Fsp3) is 1.00. The highest BCUT2D eigenvalue weighted by Gasteiger charge is 2.63. The minimum absolute atomic E-state index is 0.157. The van der Waals surface area contributed by atoms with Gasteiger partial charge >= 0.3 is 0 Å². The lowest BCUT2D eigenvalue weighted by Crippen LogP contribution is -2.42. The minimum atomic E-state index is -0.403. The molecule has 2 bridgehead atoms. The highest BCUT2D eigenvalue weighted by molar-refractivity contribution is 5.13. The van der Waals surface area contributed by atoms with Gasteiger partial charge in [0.05, 0.1) is 12.2 Å². The van der Waals surface area contributed by atoms with E-state index in [0.29, 0.717) is 5.92 Å².